The molecule has 0 heterocycles. The highest BCUT2D eigenvalue weighted by Crippen LogP contribution is 2.11. The zero-order chi connectivity index (χ0) is 15.7. The van der Waals surface area contributed by atoms with E-state index in [4.69, 9.17) is 4.74 Å². The molecule has 0 spiro atoms. The summed E-state index contributed by atoms with van der Waals surface area (Å²) < 4.78 is 9.67. The van der Waals surface area contributed by atoms with Crippen LogP contribution in [0.1, 0.15) is 37.0 Å². The summed E-state index contributed by atoms with van der Waals surface area (Å²) in [5.41, 5.74) is 0.906. The largest absolute Gasteiger partial charge is 0.466 e. The van der Waals surface area contributed by atoms with Gasteiger partial charge < -0.3 is 14.8 Å². The summed E-state index contributed by atoms with van der Waals surface area (Å²) in [5, 5.41) is 2.55. The lowest BCUT2D eigenvalue weighted by Crippen LogP contribution is -2.18. The number of esters is 2. The van der Waals surface area contributed by atoms with Crippen molar-refractivity contribution in [2.75, 3.05) is 18.5 Å². The fraction of sp³-hybridized carbons (Fsp3) is 0.400. The molecule has 114 valence electrons. The highest BCUT2D eigenvalue weighted by atomic mass is 16.5. The lowest BCUT2D eigenvalue weighted by atomic mass is 10.2. The van der Waals surface area contributed by atoms with Gasteiger partial charge in [-0.3, -0.25) is 9.59 Å². The normalized spacial score (nSPS) is 9.81. The van der Waals surface area contributed by atoms with Crippen LogP contribution in [-0.4, -0.2) is 31.1 Å². The van der Waals surface area contributed by atoms with Crippen LogP contribution >= 0.6 is 0 Å². The fourth-order valence-electron chi connectivity index (χ4n) is 1.52. The molecule has 6 nitrogen and oxygen atoms in total. The number of carbonyl (C=O) groups is 3. The minimum absolute atomic E-state index is 0.237. The number of hydrogen-bond acceptors (Lipinski definition) is 5. The first kappa shape index (κ1) is 16.7. The first-order valence-corrected chi connectivity index (χ1v) is 6.79. The Morgan fingerprint density at radius 2 is 1.71 bits per heavy atom. The molecule has 0 aromatic heterocycles. The average Bonchev–Trinajstić information content (AvgIpc) is 2.45. The second-order valence-corrected chi connectivity index (χ2v) is 4.24. The van der Waals surface area contributed by atoms with Crippen LogP contribution in [0.25, 0.3) is 0 Å². The Morgan fingerprint density at radius 1 is 1.05 bits per heavy atom. The lowest BCUT2D eigenvalue weighted by Gasteiger charge is -2.06. The van der Waals surface area contributed by atoms with E-state index < -0.39 is 17.8 Å². The summed E-state index contributed by atoms with van der Waals surface area (Å²) >= 11 is 0. The maximum absolute atomic E-state index is 11.6. The smallest absolute Gasteiger partial charge is 0.338 e. The molecule has 0 aliphatic carbocycles. The van der Waals surface area contributed by atoms with Gasteiger partial charge in [0.05, 0.1) is 18.8 Å². The maximum atomic E-state index is 11.6. The van der Waals surface area contributed by atoms with Crippen molar-refractivity contribution >= 4 is 23.5 Å². The van der Waals surface area contributed by atoms with Gasteiger partial charge in [0.2, 0.25) is 5.91 Å². The third-order valence-corrected chi connectivity index (χ3v) is 2.45. The van der Waals surface area contributed by atoms with Crippen molar-refractivity contribution in [2.45, 2.75) is 26.7 Å². The Kier molecular flexibility index (Phi) is 6.94. The fourth-order valence-corrected chi connectivity index (χ4v) is 1.52. The molecule has 6 heteroatoms. The quantitative estimate of drug-likeness (QED) is 0.615. The minimum atomic E-state index is -0.574. The van der Waals surface area contributed by atoms with Gasteiger partial charge in [0.1, 0.15) is 6.42 Å². The molecule has 0 saturated heterocycles. The lowest BCUT2D eigenvalue weighted by molar-refractivity contribution is -0.145. The first-order chi connectivity index (χ1) is 10.1. The number of nitrogens with one attached hydrogen (secondary N) is 1. The van der Waals surface area contributed by atoms with Gasteiger partial charge >= 0.3 is 11.9 Å². The third-order valence-electron chi connectivity index (χ3n) is 2.45. The molecular weight excluding hydrogens is 274 g/mol. The predicted octanol–water partition coefficient (Wildman–Crippen LogP) is 2.15. The molecule has 0 saturated carbocycles. The van der Waals surface area contributed by atoms with E-state index in [1.165, 1.54) is 0 Å². The minimum Gasteiger partial charge on any atom is -0.466 e. The van der Waals surface area contributed by atoms with Crippen LogP contribution < -0.4 is 5.32 Å². The number of ether oxygens (including phenoxy) is 2. The van der Waals surface area contributed by atoms with Crippen molar-refractivity contribution < 1.29 is 23.9 Å². The molecule has 1 amide bonds. The number of amides is 1. The Balaban J connectivity index is 2.52. The third kappa shape index (κ3) is 6.07. The summed E-state index contributed by atoms with van der Waals surface area (Å²) in [6, 6.07) is 6.26. The van der Waals surface area contributed by atoms with Crippen LogP contribution in [0.5, 0.6) is 0 Å². The highest BCUT2D eigenvalue weighted by Gasteiger charge is 2.11. The molecule has 0 aliphatic rings. The zero-order valence-electron chi connectivity index (χ0n) is 12.2. The van der Waals surface area contributed by atoms with Crippen molar-refractivity contribution in [3.05, 3.63) is 29.8 Å². The van der Waals surface area contributed by atoms with E-state index in [2.05, 4.69) is 10.1 Å². The first-order valence-electron chi connectivity index (χ1n) is 6.79. The van der Waals surface area contributed by atoms with Gasteiger partial charge in [0, 0.05) is 5.69 Å². The summed E-state index contributed by atoms with van der Waals surface area (Å²) in [7, 11) is 0. The van der Waals surface area contributed by atoms with E-state index in [1.54, 1.807) is 31.2 Å². The van der Waals surface area contributed by atoms with Gasteiger partial charge in [-0.05, 0) is 37.6 Å². The van der Waals surface area contributed by atoms with Crippen LogP contribution in [0.3, 0.4) is 0 Å². The molecule has 0 aliphatic heterocycles. The second kappa shape index (κ2) is 8.73. The summed E-state index contributed by atoms with van der Waals surface area (Å²) in [6.07, 6.45) is 0.419. The van der Waals surface area contributed by atoms with Gasteiger partial charge in [-0.1, -0.05) is 6.92 Å². The Labute approximate surface area is 123 Å². The summed E-state index contributed by atoms with van der Waals surface area (Å²) in [4.78, 5) is 34.3. The Hall–Kier alpha value is -2.37. The zero-order valence-corrected chi connectivity index (χ0v) is 12.2. The van der Waals surface area contributed by atoms with E-state index in [0.717, 1.165) is 6.42 Å². The molecule has 0 atom stereocenters. The molecule has 21 heavy (non-hydrogen) atoms. The average molecular weight is 293 g/mol. The van der Waals surface area contributed by atoms with Crippen molar-refractivity contribution in [1.82, 2.24) is 0 Å². The van der Waals surface area contributed by atoms with Gasteiger partial charge in [-0.2, -0.15) is 0 Å². The molecule has 0 unspecified atom stereocenters. The topological polar surface area (TPSA) is 81.7 Å². The molecule has 1 rings (SSSR count). The molecule has 1 aromatic rings. The van der Waals surface area contributed by atoms with Crippen LogP contribution in [-0.2, 0) is 19.1 Å². The van der Waals surface area contributed by atoms with Crippen molar-refractivity contribution in [3.63, 3.8) is 0 Å². The van der Waals surface area contributed by atoms with E-state index in [1.807, 2.05) is 6.92 Å². The van der Waals surface area contributed by atoms with E-state index in [-0.39, 0.29) is 13.0 Å². The highest BCUT2D eigenvalue weighted by molar-refractivity contribution is 6.02. The Morgan fingerprint density at radius 3 is 2.29 bits per heavy atom. The Bertz CT molecular complexity index is 495. The number of hydrogen-bond donors (Lipinski definition) is 1. The van der Waals surface area contributed by atoms with Crippen LogP contribution in [0.2, 0.25) is 0 Å². The predicted molar refractivity (Wildman–Crippen MR) is 76.9 cm³/mol. The molecule has 1 N–H and O–H groups in total. The van der Waals surface area contributed by atoms with E-state index in [9.17, 15) is 14.4 Å². The summed E-state index contributed by atoms with van der Waals surface area (Å²) in [6.45, 7) is 4.19. The maximum Gasteiger partial charge on any atom is 0.338 e. The van der Waals surface area contributed by atoms with Crippen molar-refractivity contribution in [2.24, 2.45) is 0 Å². The number of benzene rings is 1. The van der Waals surface area contributed by atoms with Crippen molar-refractivity contribution in [3.8, 4) is 0 Å². The molecule has 0 bridgehead atoms. The van der Waals surface area contributed by atoms with E-state index >= 15 is 0 Å². The van der Waals surface area contributed by atoms with Crippen LogP contribution in [0.15, 0.2) is 24.3 Å². The van der Waals surface area contributed by atoms with Crippen LogP contribution in [0.4, 0.5) is 5.69 Å². The number of rotatable bonds is 7. The van der Waals surface area contributed by atoms with Crippen molar-refractivity contribution in [1.29, 1.82) is 0 Å². The second-order valence-electron chi connectivity index (χ2n) is 4.24. The molecule has 0 radical (unpaired) electrons. The SMILES string of the molecule is CCCOC(=O)c1ccc(NC(=O)CC(=O)OCC)cc1. The molecular formula is C15H19NO5. The van der Waals surface area contributed by atoms with Gasteiger partial charge in [0.15, 0.2) is 0 Å². The van der Waals surface area contributed by atoms with E-state index in [0.29, 0.717) is 17.9 Å². The number of carbonyl (C=O) groups excluding carboxylic acids is 3. The summed E-state index contributed by atoms with van der Waals surface area (Å²) in [5.74, 6) is -1.44. The van der Waals surface area contributed by atoms with Crippen LogP contribution in [0, 0.1) is 0 Å². The molecule has 0 fully saturated rings. The van der Waals surface area contributed by atoms with Gasteiger partial charge in [-0.25, -0.2) is 4.79 Å². The van der Waals surface area contributed by atoms with Gasteiger partial charge in [0.25, 0.3) is 0 Å². The monoisotopic (exact) mass is 293 g/mol. The van der Waals surface area contributed by atoms with Gasteiger partial charge in [-0.15, -0.1) is 0 Å². The standard InChI is InChI=1S/C15H19NO5/c1-3-9-21-15(19)11-5-7-12(8-6-11)16-13(17)10-14(18)20-4-2/h5-8H,3-4,9-10H2,1-2H3,(H,16,17). The molecule has 1 aromatic carbocycles. The number of anilines is 1.